The van der Waals surface area contributed by atoms with Crippen LogP contribution in [0.1, 0.15) is 50.4 Å². The molecule has 1 saturated heterocycles. The van der Waals surface area contributed by atoms with Gasteiger partial charge in [0.05, 0.1) is 0 Å². The molecule has 0 aromatic heterocycles. The largest absolute Gasteiger partial charge is 0.335 e. The van der Waals surface area contributed by atoms with E-state index in [1.807, 2.05) is 36.2 Å². The van der Waals surface area contributed by atoms with Crippen LogP contribution < -0.4 is 0 Å². The molecule has 2 rings (SSSR count). The van der Waals surface area contributed by atoms with Gasteiger partial charge in [-0.05, 0) is 43.7 Å². The highest BCUT2D eigenvalue weighted by Gasteiger charge is 2.28. The van der Waals surface area contributed by atoms with Gasteiger partial charge in [-0.1, -0.05) is 26.8 Å². The second-order valence-corrected chi connectivity index (χ2v) is 9.53. The molecule has 0 N–H and O–H groups in total. The minimum atomic E-state index is 0.204. The molecule has 0 unspecified atom stereocenters. The van der Waals surface area contributed by atoms with Crippen LogP contribution >= 0.6 is 23.5 Å². The van der Waals surface area contributed by atoms with Gasteiger partial charge in [0.2, 0.25) is 0 Å². The fourth-order valence-corrected chi connectivity index (χ4v) is 4.21. The van der Waals surface area contributed by atoms with Gasteiger partial charge >= 0.3 is 0 Å². The SMILES string of the molecule is CSc1cccc(C(=O)N2CCCC[C@@H]2CSC(C)(C)C)c1. The summed E-state index contributed by atoms with van der Waals surface area (Å²) < 4.78 is 0.255. The van der Waals surface area contributed by atoms with Crippen LogP contribution in [0.5, 0.6) is 0 Å². The maximum atomic E-state index is 12.9. The van der Waals surface area contributed by atoms with E-state index in [4.69, 9.17) is 0 Å². The van der Waals surface area contributed by atoms with Crippen molar-refractivity contribution >= 4 is 29.4 Å². The molecule has 22 heavy (non-hydrogen) atoms. The van der Waals surface area contributed by atoms with E-state index in [9.17, 15) is 4.79 Å². The molecule has 0 aliphatic carbocycles. The molecule has 0 radical (unpaired) electrons. The number of carbonyl (C=O) groups excluding carboxylic acids is 1. The summed E-state index contributed by atoms with van der Waals surface area (Å²) in [5, 5.41) is 0. The van der Waals surface area contributed by atoms with Crippen molar-refractivity contribution in [3.05, 3.63) is 29.8 Å². The number of hydrogen-bond donors (Lipinski definition) is 0. The average molecular weight is 338 g/mol. The lowest BCUT2D eigenvalue weighted by atomic mass is 10.0. The summed E-state index contributed by atoms with van der Waals surface area (Å²) in [6, 6.07) is 8.40. The zero-order valence-corrected chi connectivity index (χ0v) is 15.7. The highest BCUT2D eigenvalue weighted by molar-refractivity contribution is 8.00. The fraction of sp³-hybridized carbons (Fsp3) is 0.611. The Hall–Kier alpha value is -0.610. The van der Waals surface area contributed by atoms with Gasteiger partial charge in [-0.2, -0.15) is 11.8 Å². The van der Waals surface area contributed by atoms with E-state index in [1.165, 1.54) is 6.42 Å². The molecule has 1 aliphatic rings. The van der Waals surface area contributed by atoms with E-state index in [-0.39, 0.29) is 10.7 Å². The molecule has 1 amide bonds. The summed E-state index contributed by atoms with van der Waals surface area (Å²) >= 11 is 3.65. The summed E-state index contributed by atoms with van der Waals surface area (Å²) in [6.07, 6.45) is 5.55. The minimum absolute atomic E-state index is 0.204. The molecule has 1 atom stereocenters. The molecule has 1 aliphatic heterocycles. The first-order valence-corrected chi connectivity index (χ1v) is 10.2. The standard InChI is InChI=1S/C18H27NOS2/c1-18(2,3)22-13-15-9-5-6-11-19(15)17(20)14-8-7-10-16(12-14)21-4/h7-8,10,12,15H,5-6,9,11,13H2,1-4H3/t15-/m1/s1. The van der Waals surface area contributed by atoms with Crippen LogP contribution in [0.4, 0.5) is 0 Å². The number of likely N-dealkylation sites (tertiary alicyclic amines) is 1. The minimum Gasteiger partial charge on any atom is -0.335 e. The Labute approximate surface area is 143 Å². The number of hydrogen-bond acceptors (Lipinski definition) is 3. The maximum Gasteiger partial charge on any atom is 0.254 e. The van der Waals surface area contributed by atoms with E-state index >= 15 is 0 Å². The summed E-state index contributed by atoms with van der Waals surface area (Å²) in [5.41, 5.74) is 0.833. The van der Waals surface area contributed by atoms with Gasteiger partial charge < -0.3 is 4.90 Å². The fourth-order valence-electron chi connectivity index (χ4n) is 2.71. The lowest BCUT2D eigenvalue weighted by Gasteiger charge is -2.37. The van der Waals surface area contributed by atoms with Crippen molar-refractivity contribution in [2.24, 2.45) is 0 Å². The van der Waals surface area contributed by atoms with Gasteiger partial charge in [0.15, 0.2) is 0 Å². The lowest BCUT2D eigenvalue weighted by Crippen LogP contribution is -2.45. The van der Waals surface area contributed by atoms with Crippen molar-refractivity contribution < 1.29 is 4.79 Å². The number of benzene rings is 1. The van der Waals surface area contributed by atoms with Crippen LogP contribution in [-0.2, 0) is 0 Å². The molecular weight excluding hydrogens is 310 g/mol. The van der Waals surface area contributed by atoms with Crippen LogP contribution in [0.2, 0.25) is 0 Å². The quantitative estimate of drug-likeness (QED) is 0.726. The molecular formula is C18H27NOS2. The first-order chi connectivity index (χ1) is 10.4. The highest BCUT2D eigenvalue weighted by atomic mass is 32.2. The van der Waals surface area contributed by atoms with E-state index in [0.29, 0.717) is 6.04 Å². The van der Waals surface area contributed by atoms with Crippen molar-refractivity contribution in [1.82, 2.24) is 4.90 Å². The zero-order valence-electron chi connectivity index (χ0n) is 14.1. The average Bonchev–Trinajstić information content (AvgIpc) is 2.52. The Kier molecular flexibility index (Phi) is 6.27. The second-order valence-electron chi connectivity index (χ2n) is 6.80. The van der Waals surface area contributed by atoms with Gasteiger partial charge in [0, 0.05) is 33.5 Å². The third kappa shape index (κ3) is 4.95. The maximum absolute atomic E-state index is 12.9. The number of rotatable bonds is 4. The van der Waals surface area contributed by atoms with Gasteiger partial charge in [-0.25, -0.2) is 0 Å². The van der Waals surface area contributed by atoms with Crippen LogP contribution in [0.3, 0.4) is 0 Å². The van der Waals surface area contributed by atoms with Gasteiger partial charge in [0.1, 0.15) is 0 Å². The molecule has 1 aromatic rings. The molecule has 2 nitrogen and oxygen atoms in total. The molecule has 4 heteroatoms. The monoisotopic (exact) mass is 337 g/mol. The molecule has 0 spiro atoms. The summed E-state index contributed by atoms with van der Waals surface area (Å²) in [6.45, 7) is 7.63. The summed E-state index contributed by atoms with van der Waals surface area (Å²) in [4.78, 5) is 16.2. The first kappa shape index (κ1) is 17.7. The molecule has 1 fully saturated rings. The zero-order chi connectivity index (χ0) is 16.2. The molecule has 122 valence electrons. The van der Waals surface area contributed by atoms with Crippen molar-refractivity contribution in [2.75, 3.05) is 18.6 Å². The van der Waals surface area contributed by atoms with E-state index in [0.717, 1.165) is 35.6 Å². The Bertz CT molecular complexity index is 510. The lowest BCUT2D eigenvalue weighted by molar-refractivity contribution is 0.0640. The molecule has 1 heterocycles. The number of piperidine rings is 1. The summed E-state index contributed by atoms with van der Waals surface area (Å²) in [7, 11) is 0. The number of thioether (sulfide) groups is 2. The van der Waals surface area contributed by atoms with Gasteiger partial charge in [0.25, 0.3) is 5.91 Å². The Morgan fingerprint density at radius 2 is 2.09 bits per heavy atom. The van der Waals surface area contributed by atoms with E-state index in [1.54, 1.807) is 11.8 Å². The first-order valence-electron chi connectivity index (χ1n) is 8.00. The number of amides is 1. The Balaban J connectivity index is 2.10. The van der Waals surface area contributed by atoms with E-state index in [2.05, 4.69) is 31.7 Å². The second kappa shape index (κ2) is 7.78. The third-order valence-electron chi connectivity index (χ3n) is 3.91. The number of carbonyl (C=O) groups is 1. The van der Waals surface area contributed by atoms with Crippen molar-refractivity contribution in [2.45, 2.75) is 55.7 Å². The number of nitrogens with zero attached hydrogens (tertiary/aromatic N) is 1. The predicted octanol–water partition coefficient (Wildman–Crippen LogP) is 4.93. The van der Waals surface area contributed by atoms with Crippen LogP contribution in [-0.4, -0.2) is 40.1 Å². The topological polar surface area (TPSA) is 20.3 Å². The predicted molar refractivity (Wildman–Crippen MR) is 99.1 cm³/mol. The van der Waals surface area contributed by atoms with Crippen molar-refractivity contribution in [3.63, 3.8) is 0 Å². The smallest absolute Gasteiger partial charge is 0.254 e. The molecule has 0 saturated carbocycles. The molecule has 1 aromatic carbocycles. The highest BCUT2D eigenvalue weighted by Crippen LogP contribution is 2.29. The van der Waals surface area contributed by atoms with Crippen molar-refractivity contribution in [1.29, 1.82) is 0 Å². The third-order valence-corrected chi connectivity index (χ3v) is 6.06. The van der Waals surface area contributed by atoms with Crippen molar-refractivity contribution in [3.8, 4) is 0 Å². The van der Waals surface area contributed by atoms with Crippen LogP contribution in [0.25, 0.3) is 0 Å². The van der Waals surface area contributed by atoms with Crippen LogP contribution in [0.15, 0.2) is 29.2 Å². The Morgan fingerprint density at radius 3 is 2.77 bits per heavy atom. The van der Waals surface area contributed by atoms with Crippen LogP contribution in [0, 0.1) is 0 Å². The normalized spacial score (nSPS) is 19.3. The Morgan fingerprint density at radius 1 is 1.32 bits per heavy atom. The van der Waals surface area contributed by atoms with Gasteiger partial charge in [-0.15, -0.1) is 11.8 Å². The van der Waals surface area contributed by atoms with Gasteiger partial charge in [-0.3, -0.25) is 4.79 Å². The summed E-state index contributed by atoms with van der Waals surface area (Å²) in [5.74, 6) is 1.24. The molecule has 0 bridgehead atoms. The van der Waals surface area contributed by atoms with E-state index < -0.39 is 0 Å².